The van der Waals surface area contributed by atoms with Gasteiger partial charge in [0.1, 0.15) is 15.5 Å². The predicted molar refractivity (Wildman–Crippen MR) is 98.4 cm³/mol. The maximum absolute atomic E-state index is 12.4. The van der Waals surface area contributed by atoms with Gasteiger partial charge in [-0.15, -0.1) is 11.3 Å². The summed E-state index contributed by atoms with van der Waals surface area (Å²) in [6.07, 6.45) is 3.35. The van der Waals surface area contributed by atoms with Crippen LogP contribution in [0.25, 0.3) is 10.2 Å². The monoisotopic (exact) mass is 367 g/mol. The van der Waals surface area contributed by atoms with E-state index in [1.807, 2.05) is 20.8 Å². The van der Waals surface area contributed by atoms with Crippen LogP contribution >= 0.6 is 22.9 Å². The number of aromatic nitrogens is 2. The van der Waals surface area contributed by atoms with Crippen molar-refractivity contribution in [2.45, 2.75) is 59.1 Å². The lowest BCUT2D eigenvalue weighted by Crippen LogP contribution is -2.38. The molecular weight excluding hydrogens is 346 g/mol. The van der Waals surface area contributed by atoms with E-state index in [9.17, 15) is 4.79 Å². The van der Waals surface area contributed by atoms with E-state index in [0.717, 1.165) is 41.0 Å². The van der Waals surface area contributed by atoms with Gasteiger partial charge in [-0.2, -0.15) is 4.98 Å². The number of fused-ring (bicyclic) bond motifs is 1. The van der Waals surface area contributed by atoms with Crippen molar-refractivity contribution < 1.29 is 9.53 Å². The number of thiophene rings is 1. The van der Waals surface area contributed by atoms with Crippen LogP contribution in [0.5, 0.6) is 0 Å². The molecule has 3 heterocycles. The lowest BCUT2D eigenvalue weighted by Gasteiger charge is -2.34. The van der Waals surface area contributed by atoms with Gasteiger partial charge in [-0.05, 0) is 64.1 Å². The summed E-state index contributed by atoms with van der Waals surface area (Å²) in [5.74, 6) is 0.536. The molecule has 1 aliphatic rings. The van der Waals surface area contributed by atoms with Crippen molar-refractivity contribution in [2.24, 2.45) is 0 Å². The molecule has 0 spiro atoms. The van der Waals surface area contributed by atoms with Crippen molar-refractivity contribution in [3.05, 3.63) is 15.7 Å². The van der Waals surface area contributed by atoms with Crippen LogP contribution in [0.3, 0.4) is 0 Å². The van der Waals surface area contributed by atoms with Crippen molar-refractivity contribution in [1.82, 2.24) is 9.97 Å². The number of rotatable bonds is 3. The third kappa shape index (κ3) is 3.22. The summed E-state index contributed by atoms with van der Waals surface area (Å²) in [7, 11) is 0. The molecule has 0 amide bonds. The summed E-state index contributed by atoms with van der Waals surface area (Å²) in [4.78, 5) is 24.8. The Morgan fingerprint density at radius 3 is 2.79 bits per heavy atom. The lowest BCUT2D eigenvalue weighted by molar-refractivity contribution is 0.0383. The Morgan fingerprint density at radius 2 is 2.12 bits per heavy atom. The van der Waals surface area contributed by atoms with Crippen molar-refractivity contribution in [2.75, 3.05) is 11.4 Å². The highest BCUT2D eigenvalue weighted by Crippen LogP contribution is 2.38. The van der Waals surface area contributed by atoms with E-state index in [2.05, 4.69) is 21.8 Å². The first kappa shape index (κ1) is 17.4. The third-order valence-electron chi connectivity index (χ3n) is 4.35. The van der Waals surface area contributed by atoms with Crippen molar-refractivity contribution in [1.29, 1.82) is 0 Å². The van der Waals surface area contributed by atoms with Gasteiger partial charge in [0, 0.05) is 12.6 Å². The first-order chi connectivity index (χ1) is 11.4. The molecule has 2 aromatic rings. The van der Waals surface area contributed by atoms with Crippen LogP contribution in [0.1, 0.15) is 55.3 Å². The van der Waals surface area contributed by atoms with Gasteiger partial charge in [0.05, 0.1) is 11.5 Å². The second-order valence-electron chi connectivity index (χ2n) is 6.54. The number of esters is 1. The van der Waals surface area contributed by atoms with Gasteiger partial charge in [0.25, 0.3) is 0 Å². The molecule has 0 N–H and O–H groups in total. The van der Waals surface area contributed by atoms with Gasteiger partial charge in [-0.1, -0.05) is 0 Å². The standard InChI is InChI=1S/C17H22ClN3O2S/c1-9(2)23-16(22)13-11(4)12-14(19-17(18)20-15(12)24-13)21-8-6-5-7-10(21)3/h9-10H,5-8H2,1-4H3. The zero-order valence-corrected chi connectivity index (χ0v) is 16.0. The zero-order valence-electron chi connectivity index (χ0n) is 14.4. The van der Waals surface area contributed by atoms with Gasteiger partial charge >= 0.3 is 5.97 Å². The minimum Gasteiger partial charge on any atom is -0.459 e. The minimum absolute atomic E-state index is 0.154. The van der Waals surface area contributed by atoms with E-state index in [1.54, 1.807) is 0 Å². The summed E-state index contributed by atoms with van der Waals surface area (Å²) >= 11 is 7.49. The molecule has 3 rings (SSSR count). The van der Waals surface area contributed by atoms with Crippen LogP contribution in [-0.4, -0.2) is 34.6 Å². The van der Waals surface area contributed by atoms with E-state index < -0.39 is 0 Å². The number of halogens is 1. The third-order valence-corrected chi connectivity index (χ3v) is 5.68. The minimum atomic E-state index is -0.306. The highest BCUT2D eigenvalue weighted by atomic mass is 35.5. The highest BCUT2D eigenvalue weighted by molar-refractivity contribution is 7.20. The van der Waals surface area contributed by atoms with E-state index >= 15 is 0 Å². The maximum atomic E-state index is 12.4. The molecule has 1 saturated heterocycles. The van der Waals surface area contributed by atoms with Crippen LogP contribution in [0.2, 0.25) is 5.28 Å². The average Bonchev–Trinajstić information content (AvgIpc) is 2.83. The topological polar surface area (TPSA) is 55.3 Å². The summed E-state index contributed by atoms with van der Waals surface area (Å²) in [5, 5.41) is 1.15. The fraction of sp³-hybridized carbons (Fsp3) is 0.588. The second-order valence-corrected chi connectivity index (χ2v) is 7.88. The van der Waals surface area contributed by atoms with Crippen molar-refractivity contribution in [3.8, 4) is 0 Å². The van der Waals surface area contributed by atoms with Crippen LogP contribution in [-0.2, 0) is 4.74 Å². The average molecular weight is 368 g/mol. The smallest absolute Gasteiger partial charge is 0.348 e. The summed E-state index contributed by atoms with van der Waals surface area (Å²) in [5.41, 5.74) is 0.880. The number of hydrogen-bond donors (Lipinski definition) is 0. The number of anilines is 1. The number of carbonyl (C=O) groups is 1. The molecule has 1 atom stereocenters. The van der Waals surface area contributed by atoms with Gasteiger partial charge < -0.3 is 9.64 Å². The largest absolute Gasteiger partial charge is 0.459 e. The molecule has 0 saturated carbocycles. The van der Waals surface area contributed by atoms with Crippen molar-refractivity contribution >= 4 is 44.9 Å². The van der Waals surface area contributed by atoms with Crippen molar-refractivity contribution in [3.63, 3.8) is 0 Å². The zero-order chi connectivity index (χ0) is 17.4. The quantitative estimate of drug-likeness (QED) is 0.586. The Kier molecular flexibility index (Phi) is 4.97. The molecule has 2 aromatic heterocycles. The summed E-state index contributed by atoms with van der Waals surface area (Å²) < 4.78 is 5.36. The van der Waals surface area contributed by atoms with E-state index in [4.69, 9.17) is 16.3 Å². The Labute approximate surface area is 151 Å². The number of ether oxygens (including phenoxy) is 1. The first-order valence-electron chi connectivity index (χ1n) is 8.32. The normalized spacial score (nSPS) is 18.4. The number of piperidine rings is 1. The molecule has 0 aromatic carbocycles. The Bertz CT molecular complexity index is 775. The molecule has 24 heavy (non-hydrogen) atoms. The fourth-order valence-electron chi connectivity index (χ4n) is 3.18. The fourth-order valence-corrected chi connectivity index (χ4v) is 4.45. The Hall–Kier alpha value is -1.40. The van der Waals surface area contributed by atoms with Gasteiger partial charge in [-0.3, -0.25) is 0 Å². The summed E-state index contributed by atoms with van der Waals surface area (Å²) in [6.45, 7) is 8.78. The summed E-state index contributed by atoms with van der Waals surface area (Å²) in [6, 6.07) is 0.401. The molecule has 0 bridgehead atoms. The Balaban J connectivity index is 2.12. The Morgan fingerprint density at radius 1 is 1.38 bits per heavy atom. The SMILES string of the molecule is Cc1c(C(=O)OC(C)C)sc2nc(Cl)nc(N3CCCCC3C)c12. The van der Waals surface area contributed by atoms with Crippen LogP contribution < -0.4 is 4.90 Å². The van der Waals surface area contributed by atoms with E-state index in [0.29, 0.717) is 10.9 Å². The molecular formula is C17H22ClN3O2S. The van der Waals surface area contributed by atoms with Gasteiger partial charge in [0.2, 0.25) is 5.28 Å². The van der Waals surface area contributed by atoms with E-state index in [-0.39, 0.29) is 17.4 Å². The first-order valence-corrected chi connectivity index (χ1v) is 9.52. The number of hydrogen-bond acceptors (Lipinski definition) is 6. The molecule has 1 aliphatic heterocycles. The van der Waals surface area contributed by atoms with Gasteiger partial charge in [-0.25, -0.2) is 9.78 Å². The second kappa shape index (κ2) is 6.84. The molecule has 0 radical (unpaired) electrons. The lowest BCUT2D eigenvalue weighted by atomic mass is 10.0. The molecule has 130 valence electrons. The molecule has 7 heteroatoms. The van der Waals surface area contributed by atoms with E-state index in [1.165, 1.54) is 17.8 Å². The predicted octanol–water partition coefficient (Wildman–Crippen LogP) is 4.60. The number of nitrogens with zero attached hydrogens (tertiary/aromatic N) is 3. The van der Waals surface area contributed by atoms with Crippen LogP contribution in [0, 0.1) is 6.92 Å². The highest BCUT2D eigenvalue weighted by Gasteiger charge is 2.27. The van der Waals surface area contributed by atoms with Gasteiger partial charge in [0.15, 0.2) is 0 Å². The van der Waals surface area contributed by atoms with Crippen LogP contribution in [0.4, 0.5) is 5.82 Å². The number of aryl methyl sites for hydroxylation is 1. The molecule has 0 aliphatic carbocycles. The van der Waals surface area contributed by atoms with Crippen LogP contribution in [0.15, 0.2) is 0 Å². The molecule has 5 nitrogen and oxygen atoms in total. The maximum Gasteiger partial charge on any atom is 0.348 e. The molecule has 1 fully saturated rings. The molecule has 1 unspecified atom stereocenters. The number of carbonyl (C=O) groups excluding carboxylic acids is 1.